The van der Waals surface area contributed by atoms with E-state index in [9.17, 15) is 0 Å². The molecule has 4 nitrogen and oxygen atoms in total. The molecule has 0 amide bonds. The van der Waals surface area contributed by atoms with Gasteiger partial charge in [0.25, 0.3) is 0 Å². The Hall–Kier alpha value is -3.54. The van der Waals surface area contributed by atoms with Crippen molar-refractivity contribution in [1.29, 1.82) is 10.5 Å². The normalized spacial score (nSPS) is 10.5. The predicted octanol–water partition coefficient (Wildman–Crippen LogP) is 3.81. The van der Waals surface area contributed by atoms with E-state index in [2.05, 4.69) is 40.9 Å². The highest BCUT2D eigenvalue weighted by Crippen LogP contribution is 2.26. The number of benzene rings is 2. The lowest BCUT2D eigenvalue weighted by atomic mass is 9.98. The molecule has 0 bridgehead atoms. The van der Waals surface area contributed by atoms with E-state index in [1.807, 2.05) is 54.6 Å². The van der Waals surface area contributed by atoms with Crippen LogP contribution in [-0.4, -0.2) is 18.0 Å². The van der Waals surface area contributed by atoms with Crippen LogP contribution >= 0.6 is 0 Å². The van der Waals surface area contributed by atoms with Crippen molar-refractivity contribution < 1.29 is 0 Å². The molecule has 0 N–H and O–H groups in total. The van der Waals surface area contributed by atoms with Gasteiger partial charge in [0.2, 0.25) is 0 Å². The maximum Gasteiger partial charge on any atom is 0.152 e. The Bertz CT molecular complexity index is 979. The van der Waals surface area contributed by atoms with Crippen molar-refractivity contribution in [3.63, 3.8) is 0 Å². The first-order valence-corrected chi connectivity index (χ1v) is 11.6. The number of rotatable bonds is 4. The van der Waals surface area contributed by atoms with E-state index in [1.54, 1.807) is 12.4 Å². The van der Waals surface area contributed by atoms with Gasteiger partial charge in [0.05, 0.1) is 23.3 Å². The molecule has 0 aliphatic heterocycles. The number of aromatic nitrogens is 2. The Morgan fingerprint density at radius 2 is 1.26 bits per heavy atom. The van der Waals surface area contributed by atoms with E-state index in [4.69, 9.17) is 10.5 Å². The first-order chi connectivity index (χ1) is 13.0. The minimum Gasteiger partial charge on any atom is -0.246 e. The van der Waals surface area contributed by atoms with Crippen LogP contribution in [0.15, 0.2) is 72.7 Å². The molecule has 0 saturated heterocycles. The third-order valence-electron chi connectivity index (χ3n) is 4.30. The van der Waals surface area contributed by atoms with Crippen LogP contribution in [0, 0.1) is 22.7 Å². The predicted molar refractivity (Wildman–Crippen MR) is 109 cm³/mol. The lowest BCUT2D eigenvalue weighted by Gasteiger charge is -2.19. The summed E-state index contributed by atoms with van der Waals surface area (Å²) in [5, 5.41) is 18.1. The van der Waals surface area contributed by atoms with Gasteiger partial charge in [-0.1, -0.05) is 43.1 Å². The van der Waals surface area contributed by atoms with Crippen LogP contribution in [0.25, 0.3) is 5.57 Å². The molecule has 0 atom stereocenters. The lowest BCUT2D eigenvalue weighted by Crippen LogP contribution is -2.44. The molecule has 3 rings (SSSR count). The van der Waals surface area contributed by atoms with Gasteiger partial charge in [-0.2, -0.15) is 10.5 Å². The van der Waals surface area contributed by atoms with Crippen LogP contribution in [0.1, 0.15) is 22.3 Å². The van der Waals surface area contributed by atoms with Crippen LogP contribution in [0.3, 0.4) is 0 Å². The average Bonchev–Trinajstić information content (AvgIpc) is 2.73. The molecule has 0 spiro atoms. The van der Waals surface area contributed by atoms with Gasteiger partial charge in [0.15, 0.2) is 8.07 Å². The zero-order valence-corrected chi connectivity index (χ0v) is 16.2. The maximum absolute atomic E-state index is 9.07. The molecule has 0 aliphatic carbocycles. The average molecular weight is 366 g/mol. The van der Waals surface area contributed by atoms with Gasteiger partial charge in [-0.05, 0) is 47.0 Å². The topological polar surface area (TPSA) is 73.4 Å². The summed E-state index contributed by atoms with van der Waals surface area (Å²) in [6.07, 6.45) is 3.54. The summed E-state index contributed by atoms with van der Waals surface area (Å²) in [7, 11) is -2.07. The second-order valence-electron chi connectivity index (χ2n) is 6.73. The van der Waals surface area contributed by atoms with Crippen molar-refractivity contribution >= 4 is 19.1 Å². The molecule has 5 heteroatoms. The Morgan fingerprint density at radius 1 is 0.815 bits per heavy atom. The van der Waals surface area contributed by atoms with Crippen molar-refractivity contribution in [2.24, 2.45) is 0 Å². The van der Waals surface area contributed by atoms with Crippen LogP contribution in [-0.2, 0) is 0 Å². The van der Waals surface area contributed by atoms with Crippen molar-refractivity contribution in [3.05, 3.63) is 94.9 Å². The fourth-order valence-corrected chi connectivity index (χ4v) is 4.84. The number of hydrogen-bond acceptors (Lipinski definition) is 4. The standard InChI is InChI=1S/C22H18N4Si/c1-27(2,22-25-12-3-13-26-22)16-21(19-8-4-17(14-23)5-9-19)20-10-6-18(15-24)7-11-20/h3-13,16H,1-2H3. The molecule has 0 aliphatic rings. The lowest BCUT2D eigenvalue weighted by molar-refractivity contribution is 1.22. The van der Waals surface area contributed by atoms with Crippen LogP contribution in [0.5, 0.6) is 0 Å². The molecular weight excluding hydrogens is 348 g/mol. The summed E-state index contributed by atoms with van der Waals surface area (Å²) < 4.78 is 0. The number of hydrogen-bond donors (Lipinski definition) is 0. The van der Waals surface area contributed by atoms with Gasteiger partial charge in [0.1, 0.15) is 5.45 Å². The van der Waals surface area contributed by atoms with E-state index in [0.717, 1.165) is 22.1 Å². The smallest absolute Gasteiger partial charge is 0.152 e. The third kappa shape index (κ3) is 4.17. The summed E-state index contributed by atoms with van der Waals surface area (Å²) >= 11 is 0. The van der Waals surface area contributed by atoms with Crippen molar-refractivity contribution in [2.45, 2.75) is 13.1 Å². The van der Waals surface area contributed by atoms with Crippen LogP contribution in [0.2, 0.25) is 13.1 Å². The largest absolute Gasteiger partial charge is 0.246 e. The Morgan fingerprint density at radius 3 is 1.67 bits per heavy atom. The quantitative estimate of drug-likeness (QED) is 0.658. The maximum atomic E-state index is 9.07. The van der Waals surface area contributed by atoms with Gasteiger partial charge >= 0.3 is 0 Å². The monoisotopic (exact) mass is 366 g/mol. The SMILES string of the molecule is C[Si](C)(C=C(c1ccc(C#N)cc1)c1ccc(C#N)cc1)c1ncccn1. The molecule has 2 aromatic carbocycles. The van der Waals surface area contributed by atoms with E-state index < -0.39 is 8.07 Å². The van der Waals surface area contributed by atoms with Crippen LogP contribution < -0.4 is 5.45 Å². The molecule has 1 aromatic heterocycles. The number of nitriles is 2. The summed E-state index contributed by atoms with van der Waals surface area (Å²) in [5.41, 5.74) is 7.50. The second-order valence-corrected chi connectivity index (χ2v) is 10.9. The summed E-state index contributed by atoms with van der Waals surface area (Å²) in [6, 6.07) is 21.2. The van der Waals surface area contributed by atoms with Gasteiger partial charge in [-0.3, -0.25) is 0 Å². The van der Waals surface area contributed by atoms with Crippen molar-refractivity contribution in [3.8, 4) is 12.1 Å². The van der Waals surface area contributed by atoms with Crippen molar-refractivity contribution in [1.82, 2.24) is 9.97 Å². The van der Waals surface area contributed by atoms with E-state index in [0.29, 0.717) is 11.1 Å². The zero-order valence-electron chi connectivity index (χ0n) is 15.2. The molecule has 3 aromatic rings. The highest BCUT2D eigenvalue weighted by Gasteiger charge is 2.25. The Kier molecular flexibility index (Phi) is 5.26. The Labute approximate surface area is 160 Å². The highest BCUT2D eigenvalue weighted by atomic mass is 28.3. The van der Waals surface area contributed by atoms with Gasteiger partial charge in [-0.15, -0.1) is 0 Å². The molecule has 0 unspecified atom stereocenters. The molecule has 0 radical (unpaired) electrons. The summed E-state index contributed by atoms with van der Waals surface area (Å²) in [5.74, 6) is 0. The summed E-state index contributed by atoms with van der Waals surface area (Å²) in [6.45, 7) is 4.41. The van der Waals surface area contributed by atoms with Gasteiger partial charge in [-0.25, -0.2) is 9.97 Å². The van der Waals surface area contributed by atoms with Gasteiger partial charge < -0.3 is 0 Å². The highest BCUT2D eigenvalue weighted by molar-refractivity contribution is 6.93. The fraction of sp³-hybridized carbons (Fsp3) is 0.0909. The number of nitrogens with zero attached hydrogens (tertiary/aromatic N) is 4. The van der Waals surface area contributed by atoms with Gasteiger partial charge in [0, 0.05) is 12.4 Å². The summed E-state index contributed by atoms with van der Waals surface area (Å²) in [4.78, 5) is 8.93. The fourth-order valence-electron chi connectivity index (χ4n) is 2.84. The van der Waals surface area contributed by atoms with Crippen molar-refractivity contribution in [2.75, 3.05) is 0 Å². The molecular formula is C22H18N4Si. The minimum atomic E-state index is -2.07. The molecule has 130 valence electrons. The minimum absolute atomic E-state index is 0.626. The van der Waals surface area contributed by atoms with E-state index in [1.165, 1.54) is 0 Å². The second kappa shape index (κ2) is 7.78. The van der Waals surface area contributed by atoms with E-state index >= 15 is 0 Å². The third-order valence-corrected chi connectivity index (χ3v) is 6.72. The molecule has 1 heterocycles. The molecule has 0 fully saturated rings. The molecule has 27 heavy (non-hydrogen) atoms. The zero-order chi connectivity index (χ0) is 19.3. The first-order valence-electron chi connectivity index (χ1n) is 8.55. The Balaban J connectivity index is 2.14. The van der Waals surface area contributed by atoms with Crippen LogP contribution in [0.4, 0.5) is 0 Å². The molecule has 0 saturated carbocycles. The first kappa shape index (κ1) is 18.3. The van der Waals surface area contributed by atoms with E-state index in [-0.39, 0.29) is 0 Å².